The lowest BCUT2D eigenvalue weighted by molar-refractivity contribution is 0.575. The molecule has 1 unspecified atom stereocenters. The second-order valence-electron chi connectivity index (χ2n) is 5.49. The number of fused-ring (bicyclic) bond motifs is 1. The smallest absolute Gasteiger partial charge is 0.126 e. The molecule has 2 aromatic heterocycles. The number of nitrogens with zero attached hydrogens (tertiary/aromatic N) is 3. The summed E-state index contributed by atoms with van der Waals surface area (Å²) in [6.45, 7) is 0. The third-order valence-corrected chi connectivity index (χ3v) is 4.05. The van der Waals surface area contributed by atoms with E-state index in [9.17, 15) is 8.78 Å². The van der Waals surface area contributed by atoms with Crippen LogP contribution in [-0.4, -0.2) is 14.8 Å². The van der Waals surface area contributed by atoms with E-state index in [1.807, 2.05) is 18.3 Å². The van der Waals surface area contributed by atoms with Crippen molar-refractivity contribution >= 4 is 0 Å². The van der Waals surface area contributed by atoms with Gasteiger partial charge in [0.25, 0.3) is 0 Å². The highest BCUT2D eigenvalue weighted by molar-refractivity contribution is 5.40. The summed E-state index contributed by atoms with van der Waals surface area (Å²) in [7, 11) is 0. The molecule has 110 valence electrons. The van der Waals surface area contributed by atoms with Gasteiger partial charge in [-0.15, -0.1) is 0 Å². The van der Waals surface area contributed by atoms with E-state index in [1.54, 1.807) is 17.1 Å². The lowest BCUT2D eigenvalue weighted by Crippen LogP contribution is -2.02. The zero-order chi connectivity index (χ0) is 15.1. The van der Waals surface area contributed by atoms with Crippen molar-refractivity contribution in [1.29, 1.82) is 0 Å². The molecule has 0 aliphatic heterocycles. The van der Waals surface area contributed by atoms with Crippen molar-refractivity contribution in [3.05, 3.63) is 77.4 Å². The summed E-state index contributed by atoms with van der Waals surface area (Å²) in [4.78, 5) is 4.08. The van der Waals surface area contributed by atoms with Crippen LogP contribution in [0.2, 0.25) is 0 Å². The number of pyridine rings is 1. The summed E-state index contributed by atoms with van der Waals surface area (Å²) in [6, 6.07) is 7.46. The maximum Gasteiger partial charge on any atom is 0.126 e. The molecule has 0 spiro atoms. The maximum absolute atomic E-state index is 13.5. The SMILES string of the molecule is Fc1cc(F)cc(C2CCc3cn(-c4cccnc4)nc32)c1. The summed E-state index contributed by atoms with van der Waals surface area (Å²) in [5.74, 6) is -1.15. The van der Waals surface area contributed by atoms with E-state index < -0.39 is 11.6 Å². The summed E-state index contributed by atoms with van der Waals surface area (Å²) in [6.07, 6.45) is 7.10. The molecule has 0 N–H and O–H groups in total. The fraction of sp³-hybridized carbons (Fsp3) is 0.176. The van der Waals surface area contributed by atoms with Crippen molar-refractivity contribution in [2.24, 2.45) is 0 Å². The Morgan fingerprint density at radius 1 is 1.14 bits per heavy atom. The summed E-state index contributed by atoms with van der Waals surface area (Å²) >= 11 is 0. The van der Waals surface area contributed by atoms with Crippen LogP contribution in [0, 0.1) is 11.6 Å². The van der Waals surface area contributed by atoms with E-state index in [0.717, 1.165) is 35.9 Å². The van der Waals surface area contributed by atoms with Gasteiger partial charge in [-0.05, 0) is 48.2 Å². The largest absolute Gasteiger partial charge is 0.262 e. The molecule has 1 atom stereocenters. The van der Waals surface area contributed by atoms with Gasteiger partial charge in [-0.2, -0.15) is 5.10 Å². The number of rotatable bonds is 2. The van der Waals surface area contributed by atoms with Gasteiger partial charge < -0.3 is 0 Å². The Labute approximate surface area is 126 Å². The molecule has 5 heteroatoms. The van der Waals surface area contributed by atoms with Gasteiger partial charge in [-0.3, -0.25) is 4.98 Å². The van der Waals surface area contributed by atoms with Crippen LogP contribution in [0.15, 0.2) is 48.9 Å². The molecule has 4 rings (SSSR count). The van der Waals surface area contributed by atoms with Gasteiger partial charge in [0.1, 0.15) is 11.6 Å². The number of aryl methyl sites for hydroxylation is 1. The highest BCUT2D eigenvalue weighted by Crippen LogP contribution is 2.37. The average Bonchev–Trinajstić information content (AvgIpc) is 3.07. The molecule has 3 nitrogen and oxygen atoms in total. The molecule has 1 aromatic carbocycles. The predicted octanol–water partition coefficient (Wildman–Crippen LogP) is 3.62. The molecule has 2 heterocycles. The minimum atomic E-state index is -0.546. The number of hydrogen-bond acceptors (Lipinski definition) is 2. The Balaban J connectivity index is 1.75. The second-order valence-corrected chi connectivity index (χ2v) is 5.49. The van der Waals surface area contributed by atoms with E-state index in [1.165, 1.54) is 12.1 Å². The summed E-state index contributed by atoms with van der Waals surface area (Å²) in [5, 5.41) is 4.61. The van der Waals surface area contributed by atoms with Crippen molar-refractivity contribution in [1.82, 2.24) is 14.8 Å². The third kappa shape index (κ3) is 2.19. The number of benzene rings is 1. The zero-order valence-electron chi connectivity index (χ0n) is 11.7. The van der Waals surface area contributed by atoms with Crippen LogP contribution in [0.4, 0.5) is 8.78 Å². The minimum Gasteiger partial charge on any atom is -0.262 e. The van der Waals surface area contributed by atoms with Crippen molar-refractivity contribution in [2.45, 2.75) is 18.8 Å². The molecule has 0 fully saturated rings. The molecule has 1 aliphatic rings. The Morgan fingerprint density at radius 2 is 1.95 bits per heavy atom. The lowest BCUT2D eigenvalue weighted by atomic mass is 9.97. The van der Waals surface area contributed by atoms with Crippen LogP contribution in [0.25, 0.3) is 5.69 Å². The van der Waals surface area contributed by atoms with Crippen molar-refractivity contribution in [3.8, 4) is 5.69 Å². The Morgan fingerprint density at radius 3 is 2.68 bits per heavy atom. The van der Waals surface area contributed by atoms with Gasteiger partial charge in [0.15, 0.2) is 0 Å². The number of halogens is 2. The fourth-order valence-corrected chi connectivity index (χ4v) is 3.07. The average molecular weight is 297 g/mol. The van der Waals surface area contributed by atoms with E-state index >= 15 is 0 Å². The molecule has 0 saturated heterocycles. The molecule has 22 heavy (non-hydrogen) atoms. The van der Waals surface area contributed by atoms with Crippen LogP contribution in [0.1, 0.15) is 29.2 Å². The zero-order valence-corrected chi connectivity index (χ0v) is 11.7. The molecule has 1 aliphatic carbocycles. The monoisotopic (exact) mass is 297 g/mol. The Kier molecular flexibility index (Phi) is 2.99. The normalized spacial score (nSPS) is 16.7. The molecule has 3 aromatic rings. The fourth-order valence-electron chi connectivity index (χ4n) is 3.07. The topological polar surface area (TPSA) is 30.7 Å². The van der Waals surface area contributed by atoms with Crippen molar-refractivity contribution < 1.29 is 8.78 Å². The summed E-state index contributed by atoms with van der Waals surface area (Å²) in [5.41, 5.74) is 3.54. The highest BCUT2D eigenvalue weighted by Gasteiger charge is 2.28. The lowest BCUT2D eigenvalue weighted by Gasteiger charge is -2.10. The number of aromatic nitrogens is 3. The van der Waals surface area contributed by atoms with Crippen molar-refractivity contribution in [2.75, 3.05) is 0 Å². The van der Waals surface area contributed by atoms with E-state index in [-0.39, 0.29) is 5.92 Å². The van der Waals surface area contributed by atoms with Crippen LogP contribution in [0.3, 0.4) is 0 Å². The van der Waals surface area contributed by atoms with Gasteiger partial charge in [0.2, 0.25) is 0 Å². The summed E-state index contributed by atoms with van der Waals surface area (Å²) < 4.78 is 28.7. The van der Waals surface area contributed by atoms with Crippen LogP contribution < -0.4 is 0 Å². The third-order valence-electron chi connectivity index (χ3n) is 4.05. The maximum atomic E-state index is 13.5. The predicted molar refractivity (Wildman–Crippen MR) is 77.9 cm³/mol. The van der Waals surface area contributed by atoms with E-state index in [4.69, 9.17) is 0 Å². The Bertz CT molecular complexity index is 807. The van der Waals surface area contributed by atoms with E-state index in [2.05, 4.69) is 10.1 Å². The highest BCUT2D eigenvalue weighted by atomic mass is 19.1. The molecule has 0 radical (unpaired) electrons. The van der Waals surface area contributed by atoms with E-state index in [0.29, 0.717) is 5.56 Å². The first-order valence-corrected chi connectivity index (χ1v) is 7.15. The van der Waals surface area contributed by atoms with Gasteiger partial charge in [-0.25, -0.2) is 13.5 Å². The van der Waals surface area contributed by atoms with Gasteiger partial charge in [0.05, 0.1) is 17.6 Å². The van der Waals surface area contributed by atoms with Gasteiger partial charge in [0, 0.05) is 24.4 Å². The second kappa shape index (κ2) is 5.02. The molecule has 0 bridgehead atoms. The molecular weight excluding hydrogens is 284 g/mol. The van der Waals surface area contributed by atoms with Crippen molar-refractivity contribution in [3.63, 3.8) is 0 Å². The van der Waals surface area contributed by atoms with Crippen LogP contribution in [-0.2, 0) is 6.42 Å². The van der Waals surface area contributed by atoms with Crippen LogP contribution >= 0.6 is 0 Å². The first-order valence-electron chi connectivity index (χ1n) is 7.15. The Hall–Kier alpha value is -2.56. The van der Waals surface area contributed by atoms with Crippen LogP contribution in [0.5, 0.6) is 0 Å². The molecular formula is C17H13F2N3. The first-order chi connectivity index (χ1) is 10.7. The van der Waals surface area contributed by atoms with Gasteiger partial charge >= 0.3 is 0 Å². The van der Waals surface area contributed by atoms with Gasteiger partial charge in [-0.1, -0.05) is 0 Å². The quantitative estimate of drug-likeness (QED) is 0.723. The first kappa shape index (κ1) is 13.1. The molecule has 0 saturated carbocycles. The standard InChI is InChI=1S/C17H13F2N3/c18-13-6-12(7-14(19)8-13)16-4-3-11-10-22(21-17(11)16)15-2-1-5-20-9-15/h1-2,5-10,16H,3-4H2. The molecule has 0 amide bonds. The number of hydrogen-bond donors (Lipinski definition) is 0. The minimum absolute atomic E-state index is 0.0573.